The summed E-state index contributed by atoms with van der Waals surface area (Å²) in [6.45, 7) is 5.95. The average molecular weight is 379 g/mol. The number of hydrogen-bond acceptors (Lipinski definition) is 8. The highest BCUT2D eigenvalue weighted by molar-refractivity contribution is 5.87. The number of aryl methyl sites for hydroxylation is 1. The van der Waals surface area contributed by atoms with Crippen LogP contribution in [-0.2, 0) is 12.1 Å². The smallest absolute Gasteiger partial charge is 0.199 e. The Morgan fingerprint density at radius 2 is 1.82 bits per heavy atom. The number of fused-ring (bicyclic) bond motifs is 1. The number of benzene rings is 1. The van der Waals surface area contributed by atoms with Gasteiger partial charge >= 0.3 is 0 Å². The van der Waals surface area contributed by atoms with Crippen LogP contribution in [0, 0.1) is 0 Å². The van der Waals surface area contributed by atoms with Crippen LogP contribution < -0.4 is 11.5 Å². The van der Waals surface area contributed by atoms with Crippen molar-refractivity contribution in [2.75, 3.05) is 11.5 Å². The molecule has 0 saturated carbocycles. The van der Waals surface area contributed by atoms with E-state index in [2.05, 4.69) is 15.3 Å². The molecule has 9 nitrogen and oxygen atoms in total. The molecule has 4 aromatic rings. The Kier molecular flexibility index (Phi) is 4.04. The molecule has 0 atom stereocenters. The van der Waals surface area contributed by atoms with Gasteiger partial charge in [0.2, 0.25) is 0 Å². The lowest BCUT2D eigenvalue weighted by Crippen LogP contribution is -2.18. The second-order valence-corrected chi connectivity index (χ2v) is 7.08. The van der Waals surface area contributed by atoms with Crippen LogP contribution in [0.25, 0.3) is 33.8 Å². The van der Waals surface area contributed by atoms with E-state index in [4.69, 9.17) is 21.1 Å². The van der Waals surface area contributed by atoms with Crippen molar-refractivity contribution in [3.05, 3.63) is 36.0 Å². The van der Waals surface area contributed by atoms with E-state index in [9.17, 15) is 5.11 Å². The zero-order chi connectivity index (χ0) is 20.1. The van der Waals surface area contributed by atoms with Crippen LogP contribution in [0.2, 0.25) is 0 Å². The van der Waals surface area contributed by atoms with Crippen molar-refractivity contribution < 1.29 is 9.74 Å². The zero-order valence-electron chi connectivity index (χ0n) is 15.8. The molecule has 0 saturated heterocycles. The van der Waals surface area contributed by atoms with E-state index in [0.717, 1.165) is 11.1 Å². The van der Waals surface area contributed by atoms with Crippen molar-refractivity contribution in [3.8, 4) is 22.8 Å². The van der Waals surface area contributed by atoms with E-state index in [1.165, 1.54) is 0 Å². The highest BCUT2D eigenvalue weighted by Gasteiger charge is 2.27. The number of pyridine rings is 1. The Morgan fingerprint density at radius 1 is 1.11 bits per heavy atom. The standard InChI is InChI=1S/C19H21N7O2/c1-4-26-13-9-12(10-5-7-11(20)8-6-10)22-16(19(2,3)27)14(13)23-18(26)15-17(21)25-28-24-15/h5-9,27H,4,20H2,1-3H3,(H2,21,25). The lowest BCUT2D eigenvalue weighted by molar-refractivity contribution is 0.0755. The number of rotatable bonds is 4. The highest BCUT2D eigenvalue weighted by Crippen LogP contribution is 2.34. The van der Waals surface area contributed by atoms with Crippen molar-refractivity contribution in [1.82, 2.24) is 24.8 Å². The SMILES string of the molecule is CCn1c(-c2nonc2N)nc2c(C(C)(C)O)nc(-c3ccc(N)cc3)cc21. The summed E-state index contributed by atoms with van der Waals surface area (Å²) in [5.41, 5.74) is 14.9. The van der Waals surface area contributed by atoms with Crippen LogP contribution in [0.3, 0.4) is 0 Å². The van der Waals surface area contributed by atoms with E-state index >= 15 is 0 Å². The number of nitrogens with zero attached hydrogens (tertiary/aromatic N) is 5. The van der Waals surface area contributed by atoms with Gasteiger partial charge in [0.1, 0.15) is 11.1 Å². The van der Waals surface area contributed by atoms with Crippen LogP contribution in [0.5, 0.6) is 0 Å². The predicted octanol–water partition coefficient (Wildman–Crippen LogP) is 2.56. The molecule has 0 aliphatic rings. The Bertz CT molecular complexity index is 1150. The normalized spacial score (nSPS) is 12.0. The second kappa shape index (κ2) is 6.31. The van der Waals surface area contributed by atoms with Gasteiger partial charge in [-0.2, -0.15) is 0 Å². The average Bonchev–Trinajstić information content (AvgIpc) is 3.23. The molecule has 0 fully saturated rings. The molecular formula is C19H21N7O2. The fraction of sp³-hybridized carbons (Fsp3) is 0.263. The highest BCUT2D eigenvalue weighted by atomic mass is 16.6. The molecule has 5 N–H and O–H groups in total. The molecule has 0 spiro atoms. The van der Waals surface area contributed by atoms with Crippen LogP contribution >= 0.6 is 0 Å². The van der Waals surface area contributed by atoms with E-state index in [0.29, 0.717) is 40.7 Å². The minimum absolute atomic E-state index is 0.154. The first-order valence-corrected chi connectivity index (χ1v) is 8.88. The van der Waals surface area contributed by atoms with Gasteiger partial charge in [0, 0.05) is 17.8 Å². The fourth-order valence-corrected chi connectivity index (χ4v) is 3.20. The van der Waals surface area contributed by atoms with E-state index in [1.54, 1.807) is 13.8 Å². The maximum Gasteiger partial charge on any atom is 0.199 e. The third kappa shape index (κ3) is 2.85. The molecule has 144 valence electrons. The Labute approximate surface area is 161 Å². The summed E-state index contributed by atoms with van der Waals surface area (Å²) < 4.78 is 6.69. The van der Waals surface area contributed by atoms with E-state index in [-0.39, 0.29) is 5.82 Å². The van der Waals surface area contributed by atoms with Gasteiger partial charge < -0.3 is 21.1 Å². The lowest BCUT2D eigenvalue weighted by atomic mass is 10.0. The molecule has 0 aliphatic carbocycles. The van der Waals surface area contributed by atoms with Crippen molar-refractivity contribution in [1.29, 1.82) is 0 Å². The van der Waals surface area contributed by atoms with Crippen molar-refractivity contribution >= 4 is 22.5 Å². The largest absolute Gasteiger partial charge is 0.399 e. The summed E-state index contributed by atoms with van der Waals surface area (Å²) in [4.78, 5) is 9.39. The number of imidazole rings is 1. The number of anilines is 2. The first-order chi connectivity index (χ1) is 13.3. The second-order valence-electron chi connectivity index (χ2n) is 7.08. The minimum atomic E-state index is -1.21. The summed E-state index contributed by atoms with van der Waals surface area (Å²) in [5, 5.41) is 18.3. The summed E-state index contributed by atoms with van der Waals surface area (Å²) in [6.07, 6.45) is 0. The van der Waals surface area contributed by atoms with Gasteiger partial charge in [-0.15, -0.1) is 0 Å². The molecule has 4 rings (SSSR count). The van der Waals surface area contributed by atoms with Gasteiger partial charge in [0.15, 0.2) is 17.3 Å². The van der Waals surface area contributed by atoms with Gasteiger partial charge in [-0.05, 0) is 49.3 Å². The van der Waals surface area contributed by atoms with E-state index < -0.39 is 5.60 Å². The van der Waals surface area contributed by atoms with E-state index in [1.807, 2.05) is 41.8 Å². The summed E-state index contributed by atoms with van der Waals surface area (Å²) in [5.74, 6) is 0.666. The molecule has 0 aliphatic heterocycles. The third-order valence-electron chi connectivity index (χ3n) is 4.56. The quantitative estimate of drug-likeness (QED) is 0.459. The van der Waals surface area contributed by atoms with Crippen molar-refractivity contribution in [2.45, 2.75) is 32.9 Å². The van der Waals surface area contributed by atoms with Crippen molar-refractivity contribution in [2.24, 2.45) is 0 Å². The minimum Gasteiger partial charge on any atom is -0.399 e. The van der Waals surface area contributed by atoms with Crippen LogP contribution in [-0.4, -0.2) is 30.0 Å². The molecular weight excluding hydrogens is 358 g/mol. The molecule has 1 aromatic carbocycles. The van der Waals surface area contributed by atoms with Crippen LogP contribution in [0.15, 0.2) is 35.0 Å². The summed E-state index contributed by atoms with van der Waals surface area (Å²) >= 11 is 0. The molecule has 0 radical (unpaired) electrons. The lowest BCUT2D eigenvalue weighted by Gasteiger charge is -2.18. The topological polar surface area (TPSA) is 142 Å². The van der Waals surface area contributed by atoms with Crippen molar-refractivity contribution in [3.63, 3.8) is 0 Å². The van der Waals surface area contributed by atoms with Gasteiger partial charge in [0.25, 0.3) is 0 Å². The number of aromatic nitrogens is 5. The molecule has 3 heterocycles. The molecule has 3 aromatic heterocycles. The fourth-order valence-electron chi connectivity index (χ4n) is 3.20. The maximum atomic E-state index is 10.8. The first-order valence-electron chi connectivity index (χ1n) is 8.88. The summed E-state index contributed by atoms with van der Waals surface area (Å²) in [7, 11) is 0. The van der Waals surface area contributed by atoms with Crippen LogP contribution in [0.4, 0.5) is 11.5 Å². The van der Waals surface area contributed by atoms with Gasteiger partial charge in [0.05, 0.1) is 16.9 Å². The number of hydrogen-bond donors (Lipinski definition) is 3. The van der Waals surface area contributed by atoms with Gasteiger partial charge in [-0.1, -0.05) is 12.1 Å². The first kappa shape index (κ1) is 17.9. The Morgan fingerprint density at radius 3 is 2.39 bits per heavy atom. The molecule has 0 unspecified atom stereocenters. The Hall–Kier alpha value is -3.46. The predicted molar refractivity (Wildman–Crippen MR) is 106 cm³/mol. The molecule has 28 heavy (non-hydrogen) atoms. The molecule has 9 heteroatoms. The zero-order valence-corrected chi connectivity index (χ0v) is 15.8. The Balaban J connectivity index is 2.05. The van der Waals surface area contributed by atoms with Gasteiger partial charge in [-0.25, -0.2) is 14.6 Å². The molecule has 0 amide bonds. The van der Waals surface area contributed by atoms with Crippen LogP contribution in [0.1, 0.15) is 26.5 Å². The molecule has 0 bridgehead atoms. The monoisotopic (exact) mass is 379 g/mol. The van der Waals surface area contributed by atoms with Gasteiger partial charge in [-0.3, -0.25) is 0 Å². The number of nitrogen functional groups attached to an aromatic ring is 2. The third-order valence-corrected chi connectivity index (χ3v) is 4.56. The number of nitrogens with two attached hydrogens (primary N) is 2. The number of aliphatic hydroxyl groups is 1. The summed E-state index contributed by atoms with van der Waals surface area (Å²) in [6, 6.07) is 9.35. The maximum absolute atomic E-state index is 10.8.